The summed E-state index contributed by atoms with van der Waals surface area (Å²) in [5.74, 6) is -0.915. The third-order valence-corrected chi connectivity index (χ3v) is 6.29. The topological polar surface area (TPSA) is 79.3 Å². The standard InChI is InChI=1S/C19H19Cl2FN2O3S/c1-28(27)11-18(26)6-7-19(22,14-3-2-8-23-16(14)18)17(25)24-10-12-4-5-13(20)9-15(12)21/h2-5,8-9,26H,6-7,10-11H2,1H3,(H,24,25)/t18-,19+,28?/m1/s1. The molecule has 0 radical (unpaired) electrons. The van der Waals surface area contributed by atoms with Crippen LogP contribution < -0.4 is 5.32 Å². The largest absolute Gasteiger partial charge is 0.383 e. The molecule has 0 aliphatic heterocycles. The Morgan fingerprint density at radius 3 is 2.79 bits per heavy atom. The van der Waals surface area contributed by atoms with E-state index in [0.717, 1.165) is 0 Å². The summed E-state index contributed by atoms with van der Waals surface area (Å²) in [4.78, 5) is 16.8. The second kappa shape index (κ2) is 8.06. The molecular formula is C19H19Cl2FN2O3S. The zero-order chi connectivity index (χ0) is 20.5. The number of nitrogens with zero attached hydrogens (tertiary/aromatic N) is 1. The number of alkyl halides is 1. The molecule has 0 saturated carbocycles. The molecule has 1 heterocycles. The number of aliphatic hydroxyl groups is 1. The fourth-order valence-electron chi connectivity index (χ4n) is 3.42. The molecule has 1 aliphatic rings. The molecule has 0 spiro atoms. The Morgan fingerprint density at radius 2 is 2.11 bits per heavy atom. The molecule has 1 aliphatic carbocycles. The van der Waals surface area contributed by atoms with Crippen molar-refractivity contribution in [2.45, 2.75) is 30.7 Å². The Labute approximate surface area is 174 Å². The number of hydrogen-bond acceptors (Lipinski definition) is 4. The number of amides is 1. The van der Waals surface area contributed by atoms with Crippen molar-refractivity contribution in [1.29, 1.82) is 0 Å². The Hall–Kier alpha value is -1.54. The van der Waals surface area contributed by atoms with Gasteiger partial charge in [0.05, 0.1) is 11.4 Å². The lowest BCUT2D eigenvalue weighted by atomic mass is 9.75. The monoisotopic (exact) mass is 444 g/mol. The first-order chi connectivity index (χ1) is 13.2. The fourth-order valence-corrected chi connectivity index (χ4v) is 4.85. The van der Waals surface area contributed by atoms with Gasteiger partial charge in [0, 0.05) is 45.4 Å². The van der Waals surface area contributed by atoms with Gasteiger partial charge in [-0.15, -0.1) is 0 Å². The van der Waals surface area contributed by atoms with Crippen molar-refractivity contribution in [1.82, 2.24) is 10.3 Å². The number of rotatable bonds is 5. The van der Waals surface area contributed by atoms with Gasteiger partial charge < -0.3 is 10.4 Å². The highest BCUT2D eigenvalue weighted by Crippen LogP contribution is 2.45. The van der Waals surface area contributed by atoms with Crippen LogP contribution in [0.15, 0.2) is 36.5 Å². The number of halogens is 3. The van der Waals surface area contributed by atoms with Crippen molar-refractivity contribution in [2.24, 2.45) is 0 Å². The number of carbonyl (C=O) groups excluding carboxylic acids is 1. The van der Waals surface area contributed by atoms with Gasteiger partial charge in [-0.05, 0) is 36.6 Å². The zero-order valence-corrected chi connectivity index (χ0v) is 17.4. The highest BCUT2D eigenvalue weighted by atomic mass is 35.5. The van der Waals surface area contributed by atoms with Gasteiger partial charge >= 0.3 is 0 Å². The van der Waals surface area contributed by atoms with Crippen LogP contribution in [-0.4, -0.2) is 32.2 Å². The first-order valence-electron chi connectivity index (χ1n) is 8.55. The van der Waals surface area contributed by atoms with E-state index in [9.17, 15) is 14.1 Å². The number of carbonyl (C=O) groups is 1. The maximum absolute atomic E-state index is 15.8. The minimum Gasteiger partial charge on any atom is -0.383 e. The summed E-state index contributed by atoms with van der Waals surface area (Å²) < 4.78 is 27.5. The number of benzene rings is 1. The Bertz CT molecular complexity index is 945. The molecule has 2 aromatic rings. The first-order valence-corrected chi connectivity index (χ1v) is 11.0. The molecular weight excluding hydrogens is 426 g/mol. The summed E-state index contributed by atoms with van der Waals surface area (Å²) in [5.41, 5.74) is -3.24. The second-order valence-corrected chi connectivity index (χ2v) is 9.15. The van der Waals surface area contributed by atoms with E-state index in [1.165, 1.54) is 24.6 Å². The molecule has 3 atom stereocenters. The minimum atomic E-state index is -2.36. The predicted molar refractivity (Wildman–Crippen MR) is 107 cm³/mol. The van der Waals surface area contributed by atoms with Gasteiger partial charge in [-0.2, -0.15) is 0 Å². The molecule has 0 saturated heterocycles. The van der Waals surface area contributed by atoms with Gasteiger partial charge in [0.1, 0.15) is 5.60 Å². The third-order valence-electron chi connectivity index (χ3n) is 4.81. The summed E-state index contributed by atoms with van der Waals surface area (Å²) in [7, 11) is -1.32. The highest BCUT2D eigenvalue weighted by molar-refractivity contribution is 7.84. The van der Waals surface area contributed by atoms with E-state index in [-0.39, 0.29) is 36.4 Å². The molecule has 0 fully saturated rings. The van der Waals surface area contributed by atoms with Crippen molar-refractivity contribution in [2.75, 3.05) is 12.0 Å². The predicted octanol–water partition coefficient (Wildman–Crippen LogP) is 3.23. The molecule has 1 amide bonds. The van der Waals surface area contributed by atoms with Crippen LogP contribution in [0.3, 0.4) is 0 Å². The highest BCUT2D eigenvalue weighted by Gasteiger charge is 2.52. The van der Waals surface area contributed by atoms with Gasteiger partial charge in [-0.3, -0.25) is 14.0 Å². The minimum absolute atomic E-state index is 0.00565. The van der Waals surface area contributed by atoms with Crippen LogP contribution in [0.4, 0.5) is 4.39 Å². The number of hydrogen-bond donors (Lipinski definition) is 2. The van der Waals surface area contributed by atoms with Crippen molar-refractivity contribution >= 4 is 39.9 Å². The summed E-state index contributed by atoms with van der Waals surface area (Å²) in [6, 6.07) is 7.76. The lowest BCUT2D eigenvalue weighted by Crippen LogP contribution is -2.49. The van der Waals surface area contributed by atoms with E-state index in [1.807, 2.05) is 0 Å². The van der Waals surface area contributed by atoms with Crippen LogP contribution in [0.5, 0.6) is 0 Å². The van der Waals surface area contributed by atoms with Gasteiger partial charge in [0.2, 0.25) is 5.67 Å². The Balaban J connectivity index is 1.87. The molecule has 5 nitrogen and oxygen atoms in total. The quantitative estimate of drug-likeness (QED) is 0.741. The normalized spacial score (nSPS) is 25.0. The third kappa shape index (κ3) is 4.08. The lowest BCUT2D eigenvalue weighted by molar-refractivity contribution is -0.136. The molecule has 28 heavy (non-hydrogen) atoms. The summed E-state index contributed by atoms with van der Waals surface area (Å²) in [5, 5.41) is 14.3. The summed E-state index contributed by atoms with van der Waals surface area (Å²) in [6.07, 6.45) is 2.56. The van der Waals surface area contributed by atoms with Crippen molar-refractivity contribution in [3.05, 3.63) is 63.4 Å². The van der Waals surface area contributed by atoms with Crippen molar-refractivity contribution < 1.29 is 18.5 Å². The average molecular weight is 445 g/mol. The smallest absolute Gasteiger partial charge is 0.262 e. The first kappa shape index (κ1) is 21.2. The van der Waals surface area contributed by atoms with Crippen molar-refractivity contribution in [3.63, 3.8) is 0 Å². The molecule has 150 valence electrons. The summed E-state index contributed by atoms with van der Waals surface area (Å²) >= 11 is 12.0. The molecule has 1 aromatic carbocycles. The molecule has 1 aromatic heterocycles. The Morgan fingerprint density at radius 1 is 1.36 bits per heavy atom. The molecule has 3 rings (SSSR count). The van der Waals surface area contributed by atoms with E-state index in [0.29, 0.717) is 15.6 Å². The lowest BCUT2D eigenvalue weighted by Gasteiger charge is -2.39. The number of nitrogens with one attached hydrogen (secondary N) is 1. The van der Waals surface area contributed by atoms with E-state index in [2.05, 4.69) is 10.3 Å². The summed E-state index contributed by atoms with van der Waals surface area (Å²) in [6.45, 7) is 0.0271. The molecule has 0 bridgehead atoms. The van der Waals surface area contributed by atoms with Crippen LogP contribution in [0.2, 0.25) is 10.0 Å². The fraction of sp³-hybridized carbons (Fsp3) is 0.368. The number of aromatic nitrogens is 1. The maximum Gasteiger partial charge on any atom is 0.262 e. The molecule has 9 heteroatoms. The van der Waals surface area contributed by atoms with Crippen LogP contribution in [0.25, 0.3) is 0 Å². The van der Waals surface area contributed by atoms with Crippen LogP contribution in [-0.2, 0) is 33.4 Å². The zero-order valence-electron chi connectivity index (χ0n) is 15.0. The van der Waals surface area contributed by atoms with Crippen molar-refractivity contribution in [3.8, 4) is 0 Å². The number of fused-ring (bicyclic) bond motifs is 1. The average Bonchev–Trinajstić information content (AvgIpc) is 2.64. The second-order valence-electron chi connectivity index (χ2n) is 6.87. The molecule has 2 N–H and O–H groups in total. The van der Waals surface area contributed by atoms with Gasteiger partial charge in [0.15, 0.2) is 0 Å². The van der Waals surface area contributed by atoms with Gasteiger partial charge in [-0.25, -0.2) is 4.39 Å². The van der Waals surface area contributed by atoms with Gasteiger partial charge in [-0.1, -0.05) is 35.3 Å². The van der Waals surface area contributed by atoms with Crippen LogP contribution >= 0.6 is 23.2 Å². The van der Waals surface area contributed by atoms with Crippen LogP contribution in [0, 0.1) is 0 Å². The number of pyridine rings is 1. The van der Waals surface area contributed by atoms with Gasteiger partial charge in [0.25, 0.3) is 5.91 Å². The Kier molecular flexibility index (Phi) is 6.10. The molecule has 1 unspecified atom stereocenters. The maximum atomic E-state index is 15.8. The SMILES string of the molecule is CS(=O)C[C@]1(O)CC[C@@](F)(C(=O)NCc2ccc(Cl)cc2Cl)c2cccnc21. The van der Waals surface area contributed by atoms with E-state index in [4.69, 9.17) is 23.2 Å². The van der Waals surface area contributed by atoms with Crippen LogP contribution in [0.1, 0.15) is 29.7 Å². The van der Waals surface area contributed by atoms with E-state index in [1.54, 1.807) is 18.2 Å². The van der Waals surface area contributed by atoms with E-state index < -0.39 is 28.0 Å². The van der Waals surface area contributed by atoms with E-state index >= 15 is 4.39 Å².